The summed E-state index contributed by atoms with van der Waals surface area (Å²) in [7, 11) is 0. The van der Waals surface area contributed by atoms with Gasteiger partial charge in [0.05, 0.1) is 10.8 Å². The van der Waals surface area contributed by atoms with E-state index in [9.17, 15) is 29.4 Å². The molecule has 0 heterocycles. The molecule has 0 saturated carbocycles. The minimum atomic E-state index is -0.893. The summed E-state index contributed by atoms with van der Waals surface area (Å²) in [6, 6.07) is 6.58. The quantitative estimate of drug-likeness (QED) is 0.284. The molecule has 0 unspecified atom stereocenters. The Morgan fingerprint density at radius 1 is 0.680 bits per heavy atom. The summed E-state index contributed by atoms with van der Waals surface area (Å²) in [6.07, 6.45) is 0. The monoisotopic (exact) mass is 334 g/mol. The fourth-order valence-corrected chi connectivity index (χ4v) is 3.32. The molecule has 0 aromatic heterocycles. The van der Waals surface area contributed by atoms with Gasteiger partial charge in [-0.3, -0.25) is 19.2 Å². The lowest BCUT2D eigenvalue weighted by atomic mass is 9.95. The van der Waals surface area contributed by atoms with Crippen molar-refractivity contribution in [2.24, 2.45) is 0 Å². The van der Waals surface area contributed by atoms with E-state index >= 15 is 0 Å². The lowest BCUT2D eigenvalue weighted by molar-refractivity contribution is 0.480. The molecular weight excluding hydrogens is 324 g/mol. The third-order valence-electron chi connectivity index (χ3n) is 4.47. The SMILES string of the molecule is Cc1cc2cc(O)c3c(=O)c4c(O)cccc4c(=O)c3c2c(=O)c1=O. The van der Waals surface area contributed by atoms with Gasteiger partial charge in [-0.1, -0.05) is 12.1 Å². The zero-order valence-corrected chi connectivity index (χ0v) is 12.9. The Morgan fingerprint density at radius 2 is 1.40 bits per heavy atom. The summed E-state index contributed by atoms with van der Waals surface area (Å²) < 4.78 is 0. The lowest BCUT2D eigenvalue weighted by Crippen LogP contribution is -2.27. The second-order valence-corrected chi connectivity index (χ2v) is 5.95. The maximum Gasteiger partial charge on any atom is 0.234 e. The Labute approximate surface area is 138 Å². The Hall–Kier alpha value is -3.54. The predicted octanol–water partition coefficient (Wildman–Crippen LogP) is 1.18. The third kappa shape index (κ3) is 1.79. The molecule has 0 radical (unpaired) electrons. The van der Waals surface area contributed by atoms with E-state index in [1.165, 1.54) is 37.3 Å². The average Bonchev–Trinajstić information content (AvgIpc) is 2.56. The van der Waals surface area contributed by atoms with Crippen LogP contribution in [0.1, 0.15) is 5.56 Å². The van der Waals surface area contributed by atoms with Crippen molar-refractivity contribution in [3.8, 4) is 11.5 Å². The van der Waals surface area contributed by atoms with E-state index in [2.05, 4.69) is 0 Å². The number of aromatic hydroxyl groups is 2. The van der Waals surface area contributed by atoms with Crippen molar-refractivity contribution >= 4 is 32.3 Å². The summed E-state index contributed by atoms with van der Waals surface area (Å²) in [5.74, 6) is -0.871. The van der Waals surface area contributed by atoms with Gasteiger partial charge in [0.15, 0.2) is 5.43 Å². The number of benzene rings is 4. The van der Waals surface area contributed by atoms with E-state index in [1.807, 2.05) is 0 Å². The Balaban J connectivity index is 2.54. The molecule has 0 aliphatic rings. The van der Waals surface area contributed by atoms with Gasteiger partial charge in [0.2, 0.25) is 16.3 Å². The van der Waals surface area contributed by atoms with Crippen LogP contribution >= 0.6 is 0 Å². The molecule has 2 N–H and O–H groups in total. The molecule has 0 atom stereocenters. The zero-order valence-electron chi connectivity index (χ0n) is 12.9. The van der Waals surface area contributed by atoms with Crippen LogP contribution in [-0.4, -0.2) is 10.2 Å². The van der Waals surface area contributed by atoms with Gasteiger partial charge in [-0.2, -0.15) is 0 Å². The van der Waals surface area contributed by atoms with Gasteiger partial charge < -0.3 is 10.2 Å². The Kier molecular flexibility index (Phi) is 2.84. The summed E-state index contributed by atoms with van der Waals surface area (Å²) >= 11 is 0. The highest BCUT2D eigenvalue weighted by atomic mass is 16.3. The van der Waals surface area contributed by atoms with Crippen LogP contribution in [0.2, 0.25) is 0 Å². The normalized spacial score (nSPS) is 11.6. The van der Waals surface area contributed by atoms with Crippen LogP contribution in [0.3, 0.4) is 0 Å². The van der Waals surface area contributed by atoms with Crippen LogP contribution in [0.4, 0.5) is 0 Å². The largest absolute Gasteiger partial charge is 0.507 e. The molecule has 6 heteroatoms. The average molecular weight is 334 g/mol. The van der Waals surface area contributed by atoms with Gasteiger partial charge in [0, 0.05) is 21.7 Å². The topological polar surface area (TPSA) is 109 Å². The molecule has 4 rings (SSSR count). The molecule has 0 fully saturated rings. The summed E-state index contributed by atoms with van der Waals surface area (Å²) in [4.78, 5) is 50.1. The first kappa shape index (κ1) is 15.0. The molecule has 0 aliphatic heterocycles. The van der Waals surface area contributed by atoms with E-state index in [4.69, 9.17) is 0 Å². The number of rotatable bonds is 0. The first-order valence-corrected chi connectivity index (χ1v) is 7.41. The first-order valence-electron chi connectivity index (χ1n) is 7.41. The molecular formula is C19H10O6. The van der Waals surface area contributed by atoms with Crippen LogP contribution in [0.25, 0.3) is 32.3 Å². The summed E-state index contributed by atoms with van der Waals surface area (Å²) in [5.41, 5.74) is -2.93. The fraction of sp³-hybridized carbons (Fsp3) is 0.0526. The molecule has 0 aliphatic carbocycles. The van der Waals surface area contributed by atoms with E-state index in [0.29, 0.717) is 0 Å². The molecule has 0 amide bonds. The smallest absolute Gasteiger partial charge is 0.234 e. The molecule has 6 nitrogen and oxygen atoms in total. The molecule has 4 aromatic carbocycles. The van der Waals surface area contributed by atoms with Crippen molar-refractivity contribution in [2.45, 2.75) is 6.92 Å². The van der Waals surface area contributed by atoms with Crippen molar-refractivity contribution in [1.82, 2.24) is 0 Å². The number of phenols is 2. The second kappa shape index (κ2) is 4.73. The minimum absolute atomic E-state index is 0.0724. The van der Waals surface area contributed by atoms with Crippen molar-refractivity contribution in [3.63, 3.8) is 0 Å². The molecule has 0 saturated heterocycles. The molecule has 25 heavy (non-hydrogen) atoms. The van der Waals surface area contributed by atoms with Gasteiger partial charge in [-0.15, -0.1) is 0 Å². The fourth-order valence-electron chi connectivity index (χ4n) is 3.32. The number of aryl methyl sites for hydroxylation is 1. The van der Waals surface area contributed by atoms with Gasteiger partial charge >= 0.3 is 0 Å². The van der Waals surface area contributed by atoms with E-state index in [1.54, 1.807) is 0 Å². The van der Waals surface area contributed by atoms with E-state index in [-0.39, 0.29) is 37.9 Å². The van der Waals surface area contributed by atoms with Crippen LogP contribution in [0.5, 0.6) is 11.5 Å². The number of fused-ring (bicyclic) bond motifs is 4. The highest BCUT2D eigenvalue weighted by Crippen LogP contribution is 2.30. The number of hydrogen-bond acceptors (Lipinski definition) is 6. The minimum Gasteiger partial charge on any atom is -0.507 e. The number of hydrogen-bond donors (Lipinski definition) is 2. The van der Waals surface area contributed by atoms with Crippen molar-refractivity contribution in [3.05, 3.63) is 76.8 Å². The van der Waals surface area contributed by atoms with Crippen molar-refractivity contribution in [2.75, 3.05) is 0 Å². The number of phenolic OH excluding ortho intramolecular Hbond substituents is 2. The summed E-state index contributed by atoms with van der Waals surface area (Å²) in [5, 5.41) is 19.3. The van der Waals surface area contributed by atoms with Crippen LogP contribution < -0.4 is 21.7 Å². The van der Waals surface area contributed by atoms with Gasteiger partial charge in [0.25, 0.3) is 0 Å². The Bertz CT molecular complexity index is 1440. The maximum atomic E-state index is 12.9. The van der Waals surface area contributed by atoms with E-state index < -0.39 is 33.2 Å². The highest BCUT2D eigenvalue weighted by molar-refractivity contribution is 6.14. The van der Waals surface area contributed by atoms with Crippen LogP contribution in [-0.2, 0) is 0 Å². The lowest BCUT2D eigenvalue weighted by Gasteiger charge is -2.07. The second-order valence-electron chi connectivity index (χ2n) is 5.95. The Morgan fingerprint density at radius 3 is 2.12 bits per heavy atom. The predicted molar refractivity (Wildman–Crippen MR) is 94.5 cm³/mol. The highest BCUT2D eigenvalue weighted by Gasteiger charge is 2.21. The zero-order chi connectivity index (χ0) is 18.0. The molecule has 122 valence electrons. The molecule has 4 aromatic rings. The third-order valence-corrected chi connectivity index (χ3v) is 4.47. The molecule has 0 spiro atoms. The summed E-state index contributed by atoms with van der Waals surface area (Å²) in [6.45, 7) is 1.46. The van der Waals surface area contributed by atoms with Gasteiger partial charge in [-0.05, 0) is 30.5 Å². The van der Waals surface area contributed by atoms with E-state index in [0.717, 1.165) is 0 Å². The van der Waals surface area contributed by atoms with Gasteiger partial charge in [-0.25, -0.2) is 0 Å². The first-order chi connectivity index (χ1) is 11.8. The van der Waals surface area contributed by atoms with Crippen LogP contribution in [0.15, 0.2) is 49.5 Å². The van der Waals surface area contributed by atoms with Gasteiger partial charge in [0.1, 0.15) is 11.5 Å². The van der Waals surface area contributed by atoms with Crippen molar-refractivity contribution in [1.29, 1.82) is 0 Å². The maximum absolute atomic E-state index is 12.9. The standard InChI is InChI=1S/C19H10O6/c1-7-5-8-6-11(21)14-15(12(8)19(25)16(7)22)17(23)9-3-2-4-10(20)13(9)18(14)24/h2-6,20-21H,1H3. The van der Waals surface area contributed by atoms with Crippen molar-refractivity contribution < 1.29 is 10.2 Å². The molecule has 0 bridgehead atoms. The van der Waals surface area contributed by atoms with Crippen LogP contribution in [0, 0.1) is 6.92 Å².